The Kier molecular flexibility index (Phi) is 4.39. The number of rotatable bonds is 4. The van der Waals surface area contributed by atoms with Crippen LogP contribution in [0.3, 0.4) is 0 Å². The average molecular weight is 283 g/mol. The molecule has 0 bridgehead atoms. The van der Waals surface area contributed by atoms with E-state index < -0.39 is 0 Å². The van der Waals surface area contributed by atoms with E-state index >= 15 is 0 Å². The molecule has 1 aromatic heterocycles. The Morgan fingerprint density at radius 2 is 2.14 bits per heavy atom. The van der Waals surface area contributed by atoms with E-state index in [2.05, 4.69) is 59.4 Å². The lowest BCUT2D eigenvalue weighted by molar-refractivity contribution is 0.371. The van der Waals surface area contributed by atoms with Crippen molar-refractivity contribution in [3.63, 3.8) is 0 Å². The fourth-order valence-corrected chi connectivity index (χ4v) is 3.28. The molecule has 3 rings (SSSR count). The number of pyridine rings is 1. The first-order valence-electron chi connectivity index (χ1n) is 8.07. The van der Waals surface area contributed by atoms with Crippen LogP contribution in [-0.4, -0.2) is 30.7 Å². The fraction of sp³-hybridized carbons (Fsp3) is 0.500. The van der Waals surface area contributed by atoms with Crippen LogP contribution in [0.25, 0.3) is 10.9 Å². The van der Waals surface area contributed by atoms with Gasteiger partial charge in [0.1, 0.15) is 0 Å². The normalized spacial score (nSPS) is 19.1. The summed E-state index contributed by atoms with van der Waals surface area (Å²) in [5.41, 5.74) is 2.41. The molecule has 0 spiro atoms. The summed E-state index contributed by atoms with van der Waals surface area (Å²) in [5.74, 6) is 0.744. The molecule has 1 atom stereocenters. The Labute approximate surface area is 127 Å². The van der Waals surface area contributed by atoms with Crippen LogP contribution in [0, 0.1) is 5.92 Å². The van der Waals surface area contributed by atoms with Crippen LogP contribution in [0.2, 0.25) is 0 Å². The third kappa shape index (κ3) is 3.18. The number of para-hydroxylation sites is 1. The van der Waals surface area contributed by atoms with Gasteiger partial charge < -0.3 is 10.2 Å². The van der Waals surface area contributed by atoms with Crippen molar-refractivity contribution in [1.82, 2.24) is 10.3 Å². The molecule has 0 saturated carbocycles. The number of aromatic nitrogens is 1. The van der Waals surface area contributed by atoms with Gasteiger partial charge in [-0.2, -0.15) is 0 Å². The van der Waals surface area contributed by atoms with Gasteiger partial charge in [0.15, 0.2) is 0 Å². The first-order valence-corrected chi connectivity index (χ1v) is 8.07. The fourth-order valence-electron chi connectivity index (χ4n) is 3.28. The van der Waals surface area contributed by atoms with Crippen LogP contribution in [0.4, 0.5) is 5.69 Å². The lowest BCUT2D eigenvalue weighted by atomic mass is 9.98. The predicted molar refractivity (Wildman–Crippen MR) is 89.8 cm³/mol. The van der Waals surface area contributed by atoms with E-state index in [-0.39, 0.29) is 0 Å². The van der Waals surface area contributed by atoms with Gasteiger partial charge in [-0.05, 0) is 57.8 Å². The molecule has 2 aromatic rings. The Morgan fingerprint density at radius 1 is 1.29 bits per heavy atom. The second kappa shape index (κ2) is 6.44. The van der Waals surface area contributed by atoms with Gasteiger partial charge in [0.2, 0.25) is 0 Å². The van der Waals surface area contributed by atoms with Crippen molar-refractivity contribution in [2.75, 3.05) is 24.5 Å². The number of anilines is 1. The highest BCUT2D eigenvalue weighted by Crippen LogP contribution is 2.28. The number of hydrogen-bond acceptors (Lipinski definition) is 3. The van der Waals surface area contributed by atoms with E-state index in [1.165, 1.54) is 30.5 Å². The average Bonchev–Trinajstić information content (AvgIpc) is 2.53. The van der Waals surface area contributed by atoms with Gasteiger partial charge in [-0.25, -0.2) is 0 Å². The van der Waals surface area contributed by atoms with Crippen LogP contribution >= 0.6 is 0 Å². The quantitative estimate of drug-likeness (QED) is 0.931. The van der Waals surface area contributed by atoms with Crippen LogP contribution in [0.15, 0.2) is 36.5 Å². The molecular weight excluding hydrogens is 258 g/mol. The third-order valence-corrected chi connectivity index (χ3v) is 4.41. The monoisotopic (exact) mass is 283 g/mol. The van der Waals surface area contributed by atoms with Crippen LogP contribution in [0.1, 0.15) is 26.7 Å². The molecule has 112 valence electrons. The first kappa shape index (κ1) is 14.3. The van der Waals surface area contributed by atoms with Crippen molar-refractivity contribution in [3.05, 3.63) is 36.5 Å². The number of benzene rings is 1. The molecule has 1 aromatic carbocycles. The standard InChI is InChI=1S/C18H25N3/c1-14(2)21(13-15-6-5-10-19-12-15)18-9-11-20-17-8-4-3-7-16(17)18/h3-4,7-9,11,14-15,19H,5-6,10,12-13H2,1-2H3. The van der Waals surface area contributed by atoms with Crippen molar-refractivity contribution >= 4 is 16.6 Å². The lowest BCUT2D eigenvalue weighted by Gasteiger charge is -2.35. The number of piperidine rings is 1. The Balaban J connectivity index is 1.91. The number of nitrogens with one attached hydrogen (secondary N) is 1. The van der Waals surface area contributed by atoms with Gasteiger partial charge >= 0.3 is 0 Å². The van der Waals surface area contributed by atoms with E-state index in [0.29, 0.717) is 6.04 Å². The molecule has 0 aliphatic carbocycles. The Hall–Kier alpha value is -1.61. The van der Waals surface area contributed by atoms with Crippen LogP contribution < -0.4 is 10.2 Å². The maximum absolute atomic E-state index is 4.49. The molecule has 0 radical (unpaired) electrons. The van der Waals surface area contributed by atoms with Crippen molar-refractivity contribution in [2.45, 2.75) is 32.7 Å². The lowest BCUT2D eigenvalue weighted by Crippen LogP contribution is -2.41. The molecule has 1 aliphatic heterocycles. The van der Waals surface area contributed by atoms with Crippen molar-refractivity contribution in [1.29, 1.82) is 0 Å². The van der Waals surface area contributed by atoms with Crippen molar-refractivity contribution in [2.24, 2.45) is 5.92 Å². The predicted octanol–water partition coefficient (Wildman–Crippen LogP) is 3.45. The van der Waals surface area contributed by atoms with E-state index in [4.69, 9.17) is 0 Å². The second-order valence-electron chi connectivity index (χ2n) is 6.31. The summed E-state index contributed by atoms with van der Waals surface area (Å²) in [5, 5.41) is 4.79. The van der Waals surface area contributed by atoms with Gasteiger partial charge in [0.25, 0.3) is 0 Å². The highest BCUT2D eigenvalue weighted by atomic mass is 15.2. The SMILES string of the molecule is CC(C)N(CC1CCCNC1)c1ccnc2ccccc12. The minimum absolute atomic E-state index is 0.498. The molecule has 1 N–H and O–H groups in total. The third-order valence-electron chi connectivity index (χ3n) is 4.41. The summed E-state index contributed by atoms with van der Waals surface area (Å²) in [7, 11) is 0. The second-order valence-corrected chi connectivity index (χ2v) is 6.31. The molecule has 3 heteroatoms. The maximum atomic E-state index is 4.49. The Bertz CT molecular complexity index is 583. The number of nitrogens with zero attached hydrogens (tertiary/aromatic N) is 2. The highest BCUT2D eigenvalue weighted by molar-refractivity contribution is 5.91. The molecule has 21 heavy (non-hydrogen) atoms. The van der Waals surface area contributed by atoms with Gasteiger partial charge in [-0.1, -0.05) is 18.2 Å². The summed E-state index contributed by atoms with van der Waals surface area (Å²) in [6.07, 6.45) is 4.57. The zero-order valence-electron chi connectivity index (χ0n) is 13.0. The van der Waals surface area contributed by atoms with Crippen LogP contribution in [0.5, 0.6) is 0 Å². The molecule has 3 nitrogen and oxygen atoms in total. The molecule has 0 amide bonds. The van der Waals surface area contributed by atoms with E-state index in [0.717, 1.165) is 24.5 Å². The topological polar surface area (TPSA) is 28.2 Å². The minimum atomic E-state index is 0.498. The van der Waals surface area contributed by atoms with Gasteiger partial charge in [0, 0.05) is 29.9 Å². The number of hydrogen-bond donors (Lipinski definition) is 1. The smallest absolute Gasteiger partial charge is 0.0722 e. The minimum Gasteiger partial charge on any atom is -0.368 e. The zero-order valence-corrected chi connectivity index (χ0v) is 13.0. The van der Waals surface area contributed by atoms with Gasteiger partial charge in [-0.15, -0.1) is 0 Å². The summed E-state index contributed by atoms with van der Waals surface area (Å²) in [6.45, 7) is 8.01. The van der Waals surface area contributed by atoms with E-state index in [1.807, 2.05) is 6.20 Å². The summed E-state index contributed by atoms with van der Waals surface area (Å²) in [4.78, 5) is 7.03. The highest BCUT2D eigenvalue weighted by Gasteiger charge is 2.20. The van der Waals surface area contributed by atoms with E-state index in [9.17, 15) is 0 Å². The van der Waals surface area contributed by atoms with Crippen molar-refractivity contribution < 1.29 is 0 Å². The van der Waals surface area contributed by atoms with Crippen LogP contribution in [-0.2, 0) is 0 Å². The first-order chi connectivity index (χ1) is 10.3. The van der Waals surface area contributed by atoms with Crippen molar-refractivity contribution in [3.8, 4) is 0 Å². The molecule has 1 saturated heterocycles. The largest absolute Gasteiger partial charge is 0.368 e. The Morgan fingerprint density at radius 3 is 2.90 bits per heavy atom. The maximum Gasteiger partial charge on any atom is 0.0722 e. The van der Waals surface area contributed by atoms with Gasteiger partial charge in [-0.3, -0.25) is 4.98 Å². The molecular formula is C18H25N3. The molecule has 1 unspecified atom stereocenters. The van der Waals surface area contributed by atoms with E-state index in [1.54, 1.807) is 0 Å². The molecule has 2 heterocycles. The summed E-state index contributed by atoms with van der Waals surface area (Å²) >= 11 is 0. The summed E-state index contributed by atoms with van der Waals surface area (Å²) < 4.78 is 0. The molecule has 1 aliphatic rings. The molecule has 1 fully saturated rings. The zero-order chi connectivity index (χ0) is 14.7. The number of fused-ring (bicyclic) bond motifs is 1. The van der Waals surface area contributed by atoms with Gasteiger partial charge in [0.05, 0.1) is 5.52 Å². The summed E-state index contributed by atoms with van der Waals surface area (Å²) in [6, 6.07) is 11.1.